The van der Waals surface area contributed by atoms with Crippen molar-refractivity contribution < 1.29 is 9.90 Å². The van der Waals surface area contributed by atoms with Crippen LogP contribution in [0.15, 0.2) is 53.3 Å². The van der Waals surface area contributed by atoms with Crippen LogP contribution in [-0.4, -0.2) is 44.0 Å². The number of amides is 1. The molecule has 27 heavy (non-hydrogen) atoms. The number of nitrogens with zero attached hydrogens (tertiary/aromatic N) is 4. The van der Waals surface area contributed by atoms with Gasteiger partial charge in [-0.05, 0) is 48.6 Å². The molecule has 1 amide bonds. The lowest BCUT2D eigenvalue weighted by molar-refractivity contribution is -0.133. The average molecular weight is 364 g/mol. The van der Waals surface area contributed by atoms with Gasteiger partial charge >= 0.3 is 0 Å². The van der Waals surface area contributed by atoms with Crippen LogP contribution in [0.3, 0.4) is 0 Å². The predicted octanol–water partition coefficient (Wildman–Crippen LogP) is 1.90. The number of carbonyl (C=O) groups excluding carboxylic acids is 1. The van der Waals surface area contributed by atoms with Crippen LogP contribution in [0.1, 0.15) is 24.3 Å². The normalized spacial score (nSPS) is 15.2. The fraction of sp³-hybridized carbons (Fsp3) is 0.300. The Bertz CT molecular complexity index is 1020. The molecule has 7 heteroatoms. The van der Waals surface area contributed by atoms with Gasteiger partial charge in [-0.15, -0.1) is 5.10 Å². The van der Waals surface area contributed by atoms with Gasteiger partial charge in [-0.3, -0.25) is 9.59 Å². The summed E-state index contributed by atoms with van der Waals surface area (Å²) in [5, 5.41) is 17.8. The molecule has 0 aliphatic carbocycles. The Morgan fingerprint density at radius 3 is 2.52 bits per heavy atom. The van der Waals surface area contributed by atoms with Gasteiger partial charge in [0.1, 0.15) is 17.8 Å². The molecule has 1 aromatic heterocycles. The van der Waals surface area contributed by atoms with Gasteiger partial charge in [0.25, 0.3) is 5.56 Å². The van der Waals surface area contributed by atoms with E-state index < -0.39 is 0 Å². The van der Waals surface area contributed by atoms with Crippen molar-refractivity contribution >= 4 is 16.8 Å². The summed E-state index contributed by atoms with van der Waals surface area (Å²) in [6, 6.07) is 14.2. The third kappa shape index (κ3) is 3.53. The molecule has 0 bridgehead atoms. The number of likely N-dealkylation sites (tertiary alicyclic amines) is 1. The fourth-order valence-electron chi connectivity index (χ4n) is 3.56. The maximum Gasteiger partial charge on any atom is 0.278 e. The molecule has 1 fully saturated rings. The number of aromatic nitrogens is 3. The zero-order valence-corrected chi connectivity index (χ0v) is 14.8. The lowest BCUT2D eigenvalue weighted by Gasteiger charge is -2.32. The maximum absolute atomic E-state index is 12.6. The lowest BCUT2D eigenvalue weighted by atomic mass is 9.89. The number of rotatable bonds is 3. The molecule has 0 atom stereocenters. The predicted molar refractivity (Wildman–Crippen MR) is 100 cm³/mol. The van der Waals surface area contributed by atoms with Crippen LogP contribution in [0.5, 0.6) is 5.75 Å². The highest BCUT2D eigenvalue weighted by molar-refractivity contribution is 5.78. The van der Waals surface area contributed by atoms with Gasteiger partial charge in [0, 0.05) is 13.1 Å². The zero-order chi connectivity index (χ0) is 18.8. The average Bonchev–Trinajstić information content (AvgIpc) is 2.71. The topological polar surface area (TPSA) is 88.3 Å². The highest BCUT2D eigenvalue weighted by Crippen LogP contribution is 2.29. The summed E-state index contributed by atoms with van der Waals surface area (Å²) in [7, 11) is 0. The molecule has 0 saturated carbocycles. The van der Waals surface area contributed by atoms with Crippen LogP contribution in [0.4, 0.5) is 0 Å². The zero-order valence-electron chi connectivity index (χ0n) is 14.8. The second-order valence-electron chi connectivity index (χ2n) is 6.82. The Labute approximate surface area is 155 Å². The SMILES string of the molecule is O=C(Cn1nnc2ccccc2c1=O)N1CCC(c2ccc(O)cc2)CC1. The van der Waals surface area contributed by atoms with E-state index in [2.05, 4.69) is 10.3 Å². The number of hydrogen-bond acceptors (Lipinski definition) is 5. The van der Waals surface area contributed by atoms with Gasteiger partial charge in [0.05, 0.1) is 5.39 Å². The highest BCUT2D eigenvalue weighted by Gasteiger charge is 2.24. The second-order valence-corrected chi connectivity index (χ2v) is 6.82. The molecule has 1 saturated heterocycles. The molecule has 3 aromatic rings. The first kappa shape index (κ1) is 17.2. The number of benzene rings is 2. The van der Waals surface area contributed by atoms with Crippen molar-refractivity contribution in [1.82, 2.24) is 19.9 Å². The quantitative estimate of drug-likeness (QED) is 0.767. The van der Waals surface area contributed by atoms with Crippen LogP contribution in [0.25, 0.3) is 10.9 Å². The van der Waals surface area contributed by atoms with Crippen LogP contribution in [-0.2, 0) is 11.3 Å². The van der Waals surface area contributed by atoms with Crippen molar-refractivity contribution in [3.05, 3.63) is 64.4 Å². The smallest absolute Gasteiger partial charge is 0.278 e. The van der Waals surface area contributed by atoms with Crippen molar-refractivity contribution in [2.75, 3.05) is 13.1 Å². The monoisotopic (exact) mass is 364 g/mol. The molecule has 1 N–H and O–H groups in total. The number of phenols is 1. The van der Waals surface area contributed by atoms with Gasteiger partial charge in [-0.1, -0.05) is 29.5 Å². The number of phenolic OH excluding ortho intramolecular Hbond substituents is 1. The molecule has 1 aliphatic heterocycles. The molecule has 0 unspecified atom stereocenters. The molecule has 1 aliphatic rings. The highest BCUT2D eigenvalue weighted by atomic mass is 16.3. The standard InChI is InChI=1S/C20H20N4O3/c25-16-7-5-14(6-8-16)15-9-11-23(12-10-15)19(26)13-24-20(27)17-3-1-2-4-18(17)21-22-24/h1-8,15,25H,9-13H2. The minimum absolute atomic E-state index is 0.0967. The van der Waals surface area contributed by atoms with Gasteiger partial charge in [0.2, 0.25) is 5.91 Å². The second kappa shape index (κ2) is 7.19. The Balaban J connectivity index is 1.42. The van der Waals surface area contributed by atoms with Crippen LogP contribution < -0.4 is 5.56 Å². The Kier molecular flexibility index (Phi) is 4.58. The maximum atomic E-state index is 12.6. The molecule has 0 spiro atoms. The van der Waals surface area contributed by atoms with E-state index in [1.54, 1.807) is 41.3 Å². The third-order valence-electron chi connectivity index (χ3n) is 5.13. The Hall–Kier alpha value is -3.22. The first-order valence-electron chi connectivity index (χ1n) is 9.01. The van der Waals surface area contributed by atoms with E-state index in [4.69, 9.17) is 0 Å². The van der Waals surface area contributed by atoms with Crippen molar-refractivity contribution in [3.8, 4) is 5.75 Å². The van der Waals surface area contributed by atoms with Crippen molar-refractivity contribution in [2.24, 2.45) is 0 Å². The third-order valence-corrected chi connectivity index (χ3v) is 5.13. The molecule has 0 radical (unpaired) electrons. The summed E-state index contributed by atoms with van der Waals surface area (Å²) in [5.41, 5.74) is 1.41. The summed E-state index contributed by atoms with van der Waals surface area (Å²) < 4.78 is 1.14. The van der Waals surface area contributed by atoms with Crippen molar-refractivity contribution in [2.45, 2.75) is 25.3 Å². The van der Waals surface area contributed by atoms with E-state index in [-0.39, 0.29) is 23.8 Å². The van der Waals surface area contributed by atoms with E-state index in [0.29, 0.717) is 29.9 Å². The van der Waals surface area contributed by atoms with Crippen molar-refractivity contribution in [1.29, 1.82) is 0 Å². The number of hydrogen-bond donors (Lipinski definition) is 1. The fourth-order valence-corrected chi connectivity index (χ4v) is 3.56. The van der Waals surface area contributed by atoms with Crippen LogP contribution >= 0.6 is 0 Å². The van der Waals surface area contributed by atoms with Gasteiger partial charge in [0.15, 0.2) is 0 Å². The Morgan fingerprint density at radius 2 is 1.78 bits per heavy atom. The van der Waals surface area contributed by atoms with E-state index in [9.17, 15) is 14.7 Å². The molecular formula is C20H20N4O3. The van der Waals surface area contributed by atoms with E-state index in [1.165, 1.54) is 5.56 Å². The molecule has 4 rings (SSSR count). The first-order chi connectivity index (χ1) is 13.1. The number of aromatic hydroxyl groups is 1. The van der Waals surface area contributed by atoms with Gasteiger partial charge in [-0.2, -0.15) is 0 Å². The minimum atomic E-state index is -0.298. The minimum Gasteiger partial charge on any atom is -0.508 e. The van der Waals surface area contributed by atoms with Crippen molar-refractivity contribution in [3.63, 3.8) is 0 Å². The van der Waals surface area contributed by atoms with E-state index >= 15 is 0 Å². The first-order valence-corrected chi connectivity index (χ1v) is 9.01. The van der Waals surface area contributed by atoms with E-state index in [1.807, 2.05) is 12.1 Å². The Morgan fingerprint density at radius 1 is 1.07 bits per heavy atom. The van der Waals surface area contributed by atoms with Crippen LogP contribution in [0.2, 0.25) is 0 Å². The van der Waals surface area contributed by atoms with Gasteiger partial charge in [-0.25, -0.2) is 4.68 Å². The summed E-state index contributed by atoms with van der Waals surface area (Å²) in [6.07, 6.45) is 1.71. The van der Waals surface area contributed by atoms with E-state index in [0.717, 1.165) is 17.5 Å². The number of piperidine rings is 1. The van der Waals surface area contributed by atoms with Crippen LogP contribution in [0, 0.1) is 0 Å². The molecule has 2 aromatic carbocycles. The summed E-state index contributed by atoms with van der Waals surface area (Å²) in [5.74, 6) is 0.511. The number of carbonyl (C=O) groups is 1. The molecule has 2 heterocycles. The molecule has 7 nitrogen and oxygen atoms in total. The largest absolute Gasteiger partial charge is 0.508 e. The molecular weight excluding hydrogens is 344 g/mol. The summed E-state index contributed by atoms with van der Waals surface area (Å²) in [6.45, 7) is 1.18. The number of fused-ring (bicyclic) bond motifs is 1. The summed E-state index contributed by atoms with van der Waals surface area (Å²) >= 11 is 0. The lowest BCUT2D eigenvalue weighted by Crippen LogP contribution is -2.41. The molecule has 138 valence electrons. The van der Waals surface area contributed by atoms with Gasteiger partial charge < -0.3 is 10.0 Å². The summed E-state index contributed by atoms with van der Waals surface area (Å²) in [4.78, 5) is 26.9.